The van der Waals surface area contributed by atoms with Gasteiger partial charge in [0.05, 0.1) is 55.2 Å². The summed E-state index contributed by atoms with van der Waals surface area (Å²) >= 11 is 4.30. The summed E-state index contributed by atoms with van der Waals surface area (Å²) in [5.41, 5.74) is 32.3. The maximum atomic E-state index is 6.78. The van der Waals surface area contributed by atoms with Gasteiger partial charge in [0, 0.05) is 126 Å². The van der Waals surface area contributed by atoms with Crippen LogP contribution in [0.2, 0.25) is 0 Å². The van der Waals surface area contributed by atoms with E-state index in [9.17, 15) is 0 Å². The van der Waals surface area contributed by atoms with Crippen molar-refractivity contribution >= 4 is 159 Å². The van der Waals surface area contributed by atoms with Crippen LogP contribution < -0.4 is 46.6 Å². The number of hydrogen-bond donors (Lipinski definition) is 4. The summed E-state index contributed by atoms with van der Waals surface area (Å²) in [5, 5.41) is 13.9. The smallest absolute Gasteiger partial charge is 0.206 e. The number of fused-ring (bicyclic) bond motifs is 10. The molecule has 17 aromatic rings. The largest absolute Gasteiger partial charge is 0.394 e. The normalized spacial score (nSPS) is 11.1. The molecule has 0 fully saturated rings. The van der Waals surface area contributed by atoms with Crippen LogP contribution in [0.5, 0.6) is 0 Å². The van der Waals surface area contributed by atoms with Crippen molar-refractivity contribution in [3.8, 4) is 0 Å². The van der Waals surface area contributed by atoms with Crippen LogP contribution in [-0.4, -0.2) is 99.6 Å². The number of aliphatic imine (C=N–C) groups is 1. The van der Waals surface area contributed by atoms with Crippen molar-refractivity contribution < 1.29 is 0 Å². The Morgan fingerprint density at radius 1 is 0.338 bits per heavy atom. The predicted molar refractivity (Wildman–Crippen MR) is 584 cm³/mol. The average Bonchev–Trinajstić information content (AvgIpc) is 1.57. The van der Waals surface area contributed by atoms with E-state index in [2.05, 4.69) is 416 Å². The fourth-order valence-electron chi connectivity index (χ4n) is 17.3. The van der Waals surface area contributed by atoms with Crippen LogP contribution in [0.15, 0.2) is 284 Å². The van der Waals surface area contributed by atoms with Gasteiger partial charge in [0.15, 0.2) is 23.3 Å². The van der Waals surface area contributed by atoms with E-state index < -0.39 is 0 Å². The van der Waals surface area contributed by atoms with Crippen molar-refractivity contribution in [1.29, 1.82) is 0 Å². The molecule has 0 aliphatic rings. The van der Waals surface area contributed by atoms with Gasteiger partial charge in [0.1, 0.15) is 16.6 Å². The first-order valence-corrected chi connectivity index (χ1v) is 49.0. The number of imidazole rings is 3. The third kappa shape index (κ3) is 26.2. The van der Waals surface area contributed by atoms with Gasteiger partial charge in [-0.05, 0) is 133 Å². The highest BCUT2D eigenvalue weighted by Gasteiger charge is 2.29. The average molecular weight is 1860 g/mol. The quantitative estimate of drug-likeness (QED) is 0.0211. The second-order valence-corrected chi connectivity index (χ2v) is 36.5. The molecule has 0 bridgehead atoms. The number of rotatable bonds is 37. The minimum Gasteiger partial charge on any atom is -0.394 e. The van der Waals surface area contributed by atoms with Crippen LogP contribution >= 0.6 is 24.6 Å². The summed E-state index contributed by atoms with van der Waals surface area (Å²) in [5.74, 6) is 8.22. The summed E-state index contributed by atoms with van der Waals surface area (Å²) in [6, 6.07) is 97.0. The zero-order chi connectivity index (χ0) is 95.1. The van der Waals surface area contributed by atoms with Crippen LogP contribution in [0.25, 0.3) is 76.7 Å². The molecule has 0 spiro atoms. The molecule has 0 atom stereocenters. The molecule has 0 aliphatic carbocycles. The van der Waals surface area contributed by atoms with E-state index in [0.29, 0.717) is 35.2 Å². The molecule has 17 rings (SSSR count). The minimum atomic E-state index is 0. The fraction of sp³-hybridized carbons (Fsp3) is 0.333. The van der Waals surface area contributed by atoms with Crippen LogP contribution in [0.1, 0.15) is 156 Å². The topological polar surface area (TPSA) is 210 Å². The molecule has 0 saturated carbocycles. The summed E-state index contributed by atoms with van der Waals surface area (Å²) in [4.78, 5) is 51.0. The van der Waals surface area contributed by atoms with Crippen molar-refractivity contribution in [2.45, 2.75) is 182 Å². The lowest BCUT2D eigenvalue weighted by Crippen LogP contribution is -2.27. The predicted octanol–water partition coefficient (Wildman–Crippen LogP) is 27.0. The molecule has 22 heteroatoms. The Hall–Kier alpha value is -13.5. The number of nitrogen functional groups attached to an aromatic ring is 2. The van der Waals surface area contributed by atoms with E-state index >= 15 is 0 Å². The number of pyridine rings is 4. The Bertz CT molecular complexity index is 6500. The summed E-state index contributed by atoms with van der Waals surface area (Å²) in [7, 11) is 0. The number of benzene rings is 10. The molecule has 708 valence electrons. The number of hydrogen-bond acceptors (Lipinski definition) is 18. The van der Waals surface area contributed by atoms with Gasteiger partial charge in [0.25, 0.3) is 0 Å². The second kappa shape index (κ2) is 50.8. The van der Waals surface area contributed by atoms with E-state index in [-0.39, 0.29) is 12.4 Å². The first kappa shape index (κ1) is 102. The number of nitrogens with two attached hydrogens (primary N) is 2. The molecule has 0 aliphatic heterocycles. The number of isothiocyanates is 1. The van der Waals surface area contributed by atoms with Crippen LogP contribution in [-0.2, 0) is 58.9 Å². The number of anilines is 9. The zero-order valence-electron chi connectivity index (χ0n) is 82.1. The van der Waals surface area contributed by atoms with E-state index in [1.54, 1.807) is 0 Å². The second-order valence-electron chi connectivity index (χ2n) is 36.3. The van der Waals surface area contributed by atoms with Crippen molar-refractivity contribution in [2.75, 3.05) is 92.4 Å². The molecule has 136 heavy (non-hydrogen) atoms. The van der Waals surface area contributed by atoms with Gasteiger partial charge in [-0.25, -0.2) is 39.9 Å². The number of halogens is 1. The molecular weight excluding hydrogens is 1720 g/mol. The number of nitrogens with zero attached hydrogens (tertiary/aromatic N) is 16. The highest BCUT2D eigenvalue weighted by molar-refractivity contribution is 7.78. The summed E-state index contributed by atoms with van der Waals surface area (Å²) < 4.78 is 7.15. The molecule has 0 unspecified atom stereocenters. The lowest BCUT2D eigenvalue weighted by Gasteiger charge is -2.27. The lowest BCUT2D eigenvalue weighted by molar-refractivity contribution is 0.528. The Morgan fingerprint density at radius 3 is 1.00 bits per heavy atom. The number of thiocarbonyl (C=S) groups is 1. The van der Waals surface area contributed by atoms with E-state index in [1.165, 1.54) is 38.9 Å². The van der Waals surface area contributed by atoms with Crippen LogP contribution in [0.4, 0.5) is 52.5 Å². The van der Waals surface area contributed by atoms with Gasteiger partial charge in [-0.3, -0.25) is 0 Å². The first-order chi connectivity index (χ1) is 65.8. The van der Waals surface area contributed by atoms with Crippen molar-refractivity contribution in [1.82, 2.24) is 48.6 Å². The molecule has 7 heterocycles. The standard InChI is InChI=1S/C33H39N5.C31H35N5.C27H30N4.C19H27N5.C4H7NS.ClH/c1-5-21-36(6-2)33-35-30-31(38(33)22-25(3)4)28-19-13-14-20-29(28)34-32(30)37(23-26-15-9-7-10-16-26)24-27-17-11-8-12-18-27;1-4-19-32-31-34-28-29(36(31)20-23(2)3)26-17-11-12-18-27(26)33-30(28)35(21-24-13-7-5-8-14-24)22-25-15-9-6-10-16-25;1-20(2)17-29-26-23-15-9-10-16-24(23)30-27(25(26)28)31(18-21-11-5-3-6-12-21)19-22-13-7-4-8-14-22;1-5-11-23(6-2)19-22-16-17(24(19)12-13(3)4)14-9-7-8-10-15(14)21-18(16)20;1-2-3-5-4-6;/h7-20,25H,5-6,21-24H2,1-4H3;5-18,23H,4,19-22H2,1-3H3,(H,32,34);3-16,20H,17-19,28H2,1-2H3,(H,29,30);7-10,13H,5-6,11-12H2,1-4H3,(H2,20,21);2-3H2,1H3;1H. The Morgan fingerprint density at radius 2 is 0.654 bits per heavy atom. The van der Waals surface area contributed by atoms with Gasteiger partial charge in [0.2, 0.25) is 17.8 Å². The highest BCUT2D eigenvalue weighted by atomic mass is 35.5. The summed E-state index contributed by atoms with van der Waals surface area (Å²) in [6.07, 6.45) is 4.28. The number of aromatic nitrogens is 10. The number of nitrogens with one attached hydrogen (secondary N) is 2. The minimum absolute atomic E-state index is 0. The molecule has 7 aromatic heterocycles. The van der Waals surface area contributed by atoms with Gasteiger partial charge in [-0.1, -0.05) is 338 Å². The van der Waals surface area contributed by atoms with Crippen LogP contribution in [0, 0.1) is 23.7 Å². The van der Waals surface area contributed by atoms with Crippen molar-refractivity contribution in [3.05, 3.63) is 312 Å². The SMILES string of the molecule is CC(C)CNc1c(N)c(N(Cc2ccccc2)Cc2ccccc2)nc2ccccc12.CCCN(CC)c1nc2c(N(Cc3ccccc3)Cc3ccccc3)nc3ccccc3c2n1CC(C)C.CCCN(CC)c1nc2c(N)nc3ccccc3c2n1CC(C)C.CCCN=C=S.CCCNc1nc2c(N(Cc3ccccc3)Cc3ccccc3)nc3ccccc3c2n1CC(C)C.Cl. The highest BCUT2D eigenvalue weighted by Crippen LogP contribution is 2.42. The third-order valence-corrected chi connectivity index (χ3v) is 23.5. The maximum absolute atomic E-state index is 6.78. The molecular formula is C114H139ClN20S. The van der Waals surface area contributed by atoms with Crippen LogP contribution in [0.3, 0.4) is 0 Å². The molecule has 0 saturated heterocycles. The third-order valence-electron chi connectivity index (χ3n) is 23.4. The van der Waals surface area contributed by atoms with E-state index in [1.807, 2.05) is 36.4 Å². The van der Waals surface area contributed by atoms with Gasteiger partial charge < -0.3 is 60.3 Å². The fourth-order valence-corrected chi connectivity index (χ4v) is 17.4. The molecule has 20 nitrogen and oxygen atoms in total. The first-order valence-electron chi connectivity index (χ1n) is 48.6. The maximum Gasteiger partial charge on any atom is 0.206 e. The van der Waals surface area contributed by atoms with Crippen molar-refractivity contribution in [3.63, 3.8) is 0 Å². The van der Waals surface area contributed by atoms with Crippen molar-refractivity contribution in [2.24, 2.45) is 28.7 Å². The summed E-state index contributed by atoms with van der Waals surface area (Å²) in [6.45, 7) is 44.6. The molecule has 10 aromatic carbocycles. The molecule has 0 amide bonds. The number of para-hydroxylation sites is 4. The lowest BCUT2D eigenvalue weighted by atomic mass is 10.1. The van der Waals surface area contributed by atoms with E-state index in [0.717, 1.165) is 243 Å². The van der Waals surface area contributed by atoms with Gasteiger partial charge in [-0.2, -0.15) is 0 Å². The van der Waals surface area contributed by atoms with Gasteiger partial charge >= 0.3 is 0 Å². The Kier molecular flexibility index (Phi) is 37.9. The zero-order valence-corrected chi connectivity index (χ0v) is 83.8. The van der Waals surface area contributed by atoms with Gasteiger partial charge in [-0.15, -0.1) is 12.4 Å². The molecule has 6 N–H and O–H groups in total. The Balaban J connectivity index is 0.000000161. The van der Waals surface area contributed by atoms with E-state index in [4.69, 9.17) is 41.4 Å². The monoisotopic (exact) mass is 1860 g/mol. The Labute approximate surface area is 817 Å². The molecule has 0 radical (unpaired) electrons.